The Labute approximate surface area is 179 Å². The van der Waals surface area contributed by atoms with Crippen molar-refractivity contribution in [2.75, 3.05) is 6.73 Å². The third kappa shape index (κ3) is 3.47. The number of halogens is 1. The Hall–Kier alpha value is -3.15. The fourth-order valence-electron chi connectivity index (χ4n) is 3.87. The Morgan fingerprint density at radius 3 is 2.93 bits per heavy atom. The van der Waals surface area contributed by atoms with E-state index in [9.17, 15) is 4.79 Å². The largest absolute Gasteiger partial charge is 0.478 e. The summed E-state index contributed by atoms with van der Waals surface area (Å²) in [5.74, 6) is 1.55. The summed E-state index contributed by atoms with van der Waals surface area (Å²) in [7, 11) is 0. The molecule has 5 nitrogen and oxygen atoms in total. The van der Waals surface area contributed by atoms with Crippen molar-refractivity contribution in [3.63, 3.8) is 0 Å². The van der Waals surface area contributed by atoms with Crippen molar-refractivity contribution in [2.45, 2.75) is 20.0 Å². The van der Waals surface area contributed by atoms with Gasteiger partial charge in [0.15, 0.2) is 5.76 Å². The van der Waals surface area contributed by atoms with Gasteiger partial charge in [-0.05, 0) is 54.0 Å². The molecule has 30 heavy (non-hydrogen) atoms. The molecule has 0 fully saturated rings. The van der Waals surface area contributed by atoms with Gasteiger partial charge in [-0.15, -0.1) is 0 Å². The highest BCUT2D eigenvalue weighted by Crippen LogP contribution is 2.44. The topological polar surface area (TPSA) is 51.7 Å². The molecule has 5 rings (SSSR count). The molecular weight excluding hydrogens is 400 g/mol. The van der Waals surface area contributed by atoms with Gasteiger partial charge in [0.25, 0.3) is 0 Å². The van der Waals surface area contributed by atoms with E-state index in [1.54, 1.807) is 24.4 Å². The van der Waals surface area contributed by atoms with E-state index >= 15 is 0 Å². The Kier molecular flexibility index (Phi) is 4.77. The van der Waals surface area contributed by atoms with Crippen LogP contribution in [0, 0.1) is 6.92 Å². The van der Waals surface area contributed by atoms with Gasteiger partial charge < -0.3 is 9.47 Å². The molecule has 3 aromatic rings. The minimum atomic E-state index is -0.116. The maximum absolute atomic E-state index is 13.1. The first-order valence-corrected chi connectivity index (χ1v) is 10.1. The zero-order chi connectivity index (χ0) is 20.7. The molecule has 2 aliphatic rings. The van der Waals surface area contributed by atoms with E-state index in [1.165, 1.54) is 0 Å². The number of carbonyl (C=O) groups excluding carboxylic acids is 1. The molecule has 0 bridgehead atoms. The van der Waals surface area contributed by atoms with Gasteiger partial charge in [-0.25, -0.2) is 0 Å². The lowest BCUT2D eigenvalue weighted by molar-refractivity contribution is 0.0871. The summed E-state index contributed by atoms with van der Waals surface area (Å²) in [6.07, 6.45) is 5.34. The molecule has 2 aromatic carbocycles. The number of ketones is 1. The Bertz CT molecular complexity index is 1170. The molecule has 0 spiro atoms. The summed E-state index contributed by atoms with van der Waals surface area (Å²) in [4.78, 5) is 19.4. The SMILES string of the molecule is Cc1cc2c(c3c1C(=O)/C(=C/c1cccc(Cl)c1)O3)CN(Cc1cccnc1)CO2. The highest BCUT2D eigenvalue weighted by Gasteiger charge is 2.35. The highest BCUT2D eigenvalue weighted by molar-refractivity contribution is 6.30. The lowest BCUT2D eigenvalue weighted by atomic mass is 9.98. The highest BCUT2D eigenvalue weighted by atomic mass is 35.5. The summed E-state index contributed by atoms with van der Waals surface area (Å²) in [6.45, 7) is 3.72. The number of carbonyl (C=O) groups is 1. The third-order valence-corrected chi connectivity index (χ3v) is 5.50. The van der Waals surface area contributed by atoms with E-state index in [2.05, 4.69) is 9.88 Å². The maximum Gasteiger partial charge on any atom is 0.232 e. The van der Waals surface area contributed by atoms with Crippen LogP contribution in [0.1, 0.15) is 32.6 Å². The van der Waals surface area contributed by atoms with E-state index in [-0.39, 0.29) is 5.78 Å². The van der Waals surface area contributed by atoms with Gasteiger partial charge >= 0.3 is 0 Å². The van der Waals surface area contributed by atoms with Crippen LogP contribution >= 0.6 is 11.6 Å². The number of benzene rings is 2. The lowest BCUT2D eigenvalue weighted by Gasteiger charge is -2.30. The van der Waals surface area contributed by atoms with Crippen LogP contribution in [0.3, 0.4) is 0 Å². The first kappa shape index (κ1) is 18.9. The standard InChI is InChI=1S/C24H19ClN2O3/c1-15-8-20-19(13-27(14-29-20)12-17-5-3-7-26-11-17)24-22(15)23(28)21(30-24)10-16-4-2-6-18(25)9-16/h2-11H,12-14H2,1H3/b21-10-. The van der Waals surface area contributed by atoms with E-state index < -0.39 is 0 Å². The van der Waals surface area contributed by atoms with Crippen LogP contribution in [0.25, 0.3) is 6.08 Å². The minimum absolute atomic E-state index is 0.116. The zero-order valence-corrected chi connectivity index (χ0v) is 17.1. The number of pyridine rings is 1. The van der Waals surface area contributed by atoms with Crippen LogP contribution in [0.2, 0.25) is 5.02 Å². The minimum Gasteiger partial charge on any atom is -0.478 e. The lowest BCUT2D eigenvalue weighted by Crippen LogP contribution is -2.31. The van der Waals surface area contributed by atoms with Gasteiger partial charge in [-0.3, -0.25) is 14.7 Å². The number of aryl methyl sites for hydroxylation is 1. The van der Waals surface area contributed by atoms with Crippen molar-refractivity contribution in [1.82, 2.24) is 9.88 Å². The van der Waals surface area contributed by atoms with E-state index in [4.69, 9.17) is 21.1 Å². The summed E-state index contributed by atoms with van der Waals surface area (Å²) < 4.78 is 12.1. The summed E-state index contributed by atoms with van der Waals surface area (Å²) in [6, 6.07) is 13.2. The van der Waals surface area contributed by atoms with Crippen molar-refractivity contribution in [3.8, 4) is 11.5 Å². The van der Waals surface area contributed by atoms with Crippen LogP contribution in [0.5, 0.6) is 11.5 Å². The number of aromatic nitrogens is 1. The van der Waals surface area contributed by atoms with Crippen LogP contribution in [0.4, 0.5) is 0 Å². The number of Topliss-reactive ketones (excluding diaryl/α,β-unsaturated/α-hetero) is 1. The van der Waals surface area contributed by atoms with Crippen molar-refractivity contribution in [1.29, 1.82) is 0 Å². The average Bonchev–Trinajstić information content (AvgIpc) is 3.06. The fourth-order valence-corrected chi connectivity index (χ4v) is 4.07. The Balaban J connectivity index is 1.48. The van der Waals surface area contributed by atoms with Gasteiger partial charge in [0.2, 0.25) is 5.78 Å². The Morgan fingerprint density at radius 1 is 1.23 bits per heavy atom. The molecule has 150 valence electrons. The molecular formula is C24H19ClN2O3. The van der Waals surface area contributed by atoms with Crippen molar-refractivity contribution in [3.05, 3.63) is 93.5 Å². The summed E-state index contributed by atoms with van der Waals surface area (Å²) >= 11 is 6.08. The van der Waals surface area contributed by atoms with Crippen LogP contribution in [-0.2, 0) is 13.1 Å². The smallest absolute Gasteiger partial charge is 0.232 e. The second-order valence-electron chi connectivity index (χ2n) is 7.49. The quantitative estimate of drug-likeness (QED) is 0.559. The number of hydrogen-bond acceptors (Lipinski definition) is 5. The number of rotatable bonds is 3. The zero-order valence-electron chi connectivity index (χ0n) is 16.4. The van der Waals surface area contributed by atoms with Gasteiger partial charge in [-0.2, -0.15) is 0 Å². The van der Waals surface area contributed by atoms with Crippen LogP contribution in [0.15, 0.2) is 60.6 Å². The molecule has 0 unspecified atom stereocenters. The molecule has 0 aliphatic carbocycles. The van der Waals surface area contributed by atoms with Gasteiger partial charge in [0, 0.05) is 30.5 Å². The first-order chi connectivity index (χ1) is 14.6. The number of nitrogens with zero attached hydrogens (tertiary/aromatic N) is 2. The first-order valence-electron chi connectivity index (χ1n) is 9.69. The van der Waals surface area contributed by atoms with E-state index in [0.29, 0.717) is 41.9 Å². The molecule has 0 N–H and O–H groups in total. The predicted octanol–water partition coefficient (Wildman–Crippen LogP) is 5.01. The van der Waals surface area contributed by atoms with Gasteiger partial charge in [0.1, 0.15) is 18.2 Å². The molecule has 1 aromatic heterocycles. The molecule has 2 aliphatic heterocycles. The summed E-state index contributed by atoms with van der Waals surface area (Å²) in [5.41, 5.74) is 4.28. The van der Waals surface area contributed by atoms with Crippen LogP contribution in [-0.4, -0.2) is 22.4 Å². The third-order valence-electron chi connectivity index (χ3n) is 5.26. The fraction of sp³-hybridized carbons (Fsp3) is 0.167. The second-order valence-corrected chi connectivity index (χ2v) is 7.93. The van der Waals surface area contributed by atoms with E-state index in [0.717, 1.165) is 28.0 Å². The second kappa shape index (κ2) is 7.59. The van der Waals surface area contributed by atoms with Crippen LogP contribution < -0.4 is 9.47 Å². The Morgan fingerprint density at radius 2 is 2.13 bits per heavy atom. The average molecular weight is 419 g/mol. The number of hydrogen-bond donors (Lipinski definition) is 0. The van der Waals surface area contributed by atoms with Crippen molar-refractivity contribution in [2.24, 2.45) is 0 Å². The molecule has 6 heteroatoms. The monoisotopic (exact) mass is 418 g/mol. The van der Waals surface area contributed by atoms with Crippen molar-refractivity contribution < 1.29 is 14.3 Å². The molecule has 0 saturated carbocycles. The van der Waals surface area contributed by atoms with Crippen molar-refractivity contribution >= 4 is 23.5 Å². The molecule has 0 amide bonds. The molecule has 3 heterocycles. The maximum atomic E-state index is 13.1. The van der Waals surface area contributed by atoms with Gasteiger partial charge in [0.05, 0.1) is 11.1 Å². The molecule has 0 radical (unpaired) electrons. The van der Waals surface area contributed by atoms with Gasteiger partial charge in [-0.1, -0.05) is 29.8 Å². The number of fused-ring (bicyclic) bond motifs is 3. The summed E-state index contributed by atoms with van der Waals surface area (Å²) in [5, 5.41) is 0.611. The van der Waals surface area contributed by atoms with E-state index in [1.807, 2.05) is 43.5 Å². The molecule has 0 atom stereocenters. The number of allylic oxidation sites excluding steroid dienone is 1. The molecule has 0 saturated heterocycles. The number of ether oxygens (including phenoxy) is 2. The predicted molar refractivity (Wildman–Crippen MR) is 115 cm³/mol. The normalized spacial score (nSPS) is 16.7.